The Bertz CT molecular complexity index is 1020. The van der Waals surface area contributed by atoms with E-state index in [1.165, 1.54) is 0 Å². The molecule has 0 radical (unpaired) electrons. The van der Waals surface area contributed by atoms with Crippen LogP contribution in [0.25, 0.3) is 0 Å². The monoisotopic (exact) mass is 402 g/mol. The van der Waals surface area contributed by atoms with E-state index >= 15 is 0 Å². The van der Waals surface area contributed by atoms with E-state index in [0.29, 0.717) is 17.6 Å². The molecule has 5 nitrogen and oxygen atoms in total. The number of pyridine rings is 1. The summed E-state index contributed by atoms with van der Waals surface area (Å²) in [5.74, 6) is -0.636. The van der Waals surface area contributed by atoms with Crippen LogP contribution in [-0.4, -0.2) is 22.8 Å². The molecule has 0 amide bonds. The van der Waals surface area contributed by atoms with Crippen molar-refractivity contribution < 1.29 is 14.3 Å². The van der Waals surface area contributed by atoms with Crippen LogP contribution in [0.1, 0.15) is 56.6 Å². The number of hydrogen-bond acceptors (Lipinski definition) is 5. The van der Waals surface area contributed by atoms with Gasteiger partial charge in [-0.3, -0.25) is 9.78 Å². The molecule has 5 heteroatoms. The SMILES string of the molecule is CC1=C(C(=O)OC(C)C)[C@@H](c2ccncc2)C2=C(C[C@@H](c3ccccc3)CC2=O)N1. The molecule has 2 atom stereocenters. The van der Waals surface area contributed by atoms with Gasteiger partial charge >= 0.3 is 5.97 Å². The summed E-state index contributed by atoms with van der Waals surface area (Å²) in [5.41, 5.74) is 4.85. The standard InChI is InChI=1S/C25H26N2O3/c1-15(2)30-25(29)22-16(3)27-20-13-19(17-7-5-4-6-8-17)14-21(28)24(20)23(22)18-9-11-26-12-10-18/h4-12,15,19,23,27H,13-14H2,1-3H3/t19-,23-/m1/s1. The number of nitrogens with one attached hydrogen (secondary N) is 1. The highest BCUT2D eigenvalue weighted by Gasteiger charge is 2.41. The lowest BCUT2D eigenvalue weighted by atomic mass is 9.72. The highest BCUT2D eigenvalue weighted by Crippen LogP contribution is 2.45. The van der Waals surface area contributed by atoms with E-state index in [0.717, 1.165) is 28.9 Å². The van der Waals surface area contributed by atoms with Crippen LogP contribution < -0.4 is 5.32 Å². The number of ketones is 1. The number of rotatable bonds is 4. The first-order valence-electron chi connectivity index (χ1n) is 10.4. The molecule has 4 rings (SSSR count). The number of aromatic nitrogens is 1. The van der Waals surface area contributed by atoms with Gasteiger partial charge in [0.05, 0.1) is 11.7 Å². The van der Waals surface area contributed by atoms with Gasteiger partial charge in [0.25, 0.3) is 0 Å². The maximum atomic E-state index is 13.4. The van der Waals surface area contributed by atoms with Gasteiger partial charge in [-0.15, -0.1) is 0 Å². The third-order valence-corrected chi connectivity index (χ3v) is 5.70. The molecule has 30 heavy (non-hydrogen) atoms. The molecule has 0 saturated heterocycles. The first kappa shape index (κ1) is 20.1. The van der Waals surface area contributed by atoms with Gasteiger partial charge in [0.2, 0.25) is 0 Å². The Morgan fingerprint density at radius 1 is 1.07 bits per heavy atom. The number of allylic oxidation sites excluding steroid dienone is 3. The summed E-state index contributed by atoms with van der Waals surface area (Å²) >= 11 is 0. The summed E-state index contributed by atoms with van der Waals surface area (Å²) in [6, 6.07) is 13.9. The fourth-order valence-electron chi connectivity index (χ4n) is 4.44. The summed E-state index contributed by atoms with van der Waals surface area (Å²) < 4.78 is 5.53. The third-order valence-electron chi connectivity index (χ3n) is 5.70. The second kappa shape index (κ2) is 8.27. The van der Waals surface area contributed by atoms with Gasteiger partial charge in [0, 0.05) is 41.7 Å². The lowest BCUT2D eigenvalue weighted by Crippen LogP contribution is -2.36. The molecule has 154 valence electrons. The van der Waals surface area contributed by atoms with Gasteiger partial charge in [0.15, 0.2) is 5.78 Å². The summed E-state index contributed by atoms with van der Waals surface area (Å²) in [7, 11) is 0. The van der Waals surface area contributed by atoms with E-state index in [1.807, 2.05) is 51.1 Å². The number of esters is 1. The van der Waals surface area contributed by atoms with Crippen molar-refractivity contribution in [3.8, 4) is 0 Å². The Morgan fingerprint density at radius 3 is 2.43 bits per heavy atom. The Hall–Kier alpha value is -3.21. The van der Waals surface area contributed by atoms with Crippen molar-refractivity contribution in [2.75, 3.05) is 0 Å². The maximum Gasteiger partial charge on any atom is 0.337 e. The normalized spacial score (nSPS) is 21.4. The van der Waals surface area contributed by atoms with Crippen molar-refractivity contribution in [2.24, 2.45) is 0 Å². The molecule has 1 aliphatic heterocycles. The summed E-state index contributed by atoms with van der Waals surface area (Å²) in [5, 5.41) is 3.37. The quantitative estimate of drug-likeness (QED) is 0.768. The van der Waals surface area contributed by atoms with Crippen molar-refractivity contribution in [1.82, 2.24) is 10.3 Å². The molecular weight excluding hydrogens is 376 g/mol. The van der Waals surface area contributed by atoms with Crippen LogP contribution in [0.4, 0.5) is 0 Å². The van der Waals surface area contributed by atoms with Crippen LogP contribution >= 0.6 is 0 Å². The minimum Gasteiger partial charge on any atom is -0.460 e. The topological polar surface area (TPSA) is 68.3 Å². The molecule has 1 aromatic carbocycles. The molecular formula is C25H26N2O3. The summed E-state index contributed by atoms with van der Waals surface area (Å²) in [6.45, 7) is 5.53. The van der Waals surface area contributed by atoms with E-state index < -0.39 is 5.92 Å². The lowest BCUT2D eigenvalue weighted by Gasteiger charge is -2.36. The van der Waals surface area contributed by atoms with Gasteiger partial charge < -0.3 is 10.1 Å². The first-order chi connectivity index (χ1) is 14.5. The van der Waals surface area contributed by atoms with E-state index in [4.69, 9.17) is 4.74 Å². The van der Waals surface area contributed by atoms with Crippen LogP contribution in [0, 0.1) is 0 Å². The third kappa shape index (κ3) is 3.80. The number of carbonyl (C=O) groups excluding carboxylic acids is 2. The Kier molecular flexibility index (Phi) is 5.53. The van der Waals surface area contributed by atoms with Crippen molar-refractivity contribution in [3.05, 3.63) is 88.5 Å². The van der Waals surface area contributed by atoms with Gasteiger partial charge in [-0.1, -0.05) is 30.3 Å². The number of hydrogen-bond donors (Lipinski definition) is 1. The fraction of sp³-hybridized carbons (Fsp3) is 0.320. The molecule has 2 heterocycles. The Labute approximate surface area is 176 Å². The van der Waals surface area contributed by atoms with Crippen LogP contribution in [0.3, 0.4) is 0 Å². The molecule has 0 fully saturated rings. The fourth-order valence-corrected chi connectivity index (χ4v) is 4.44. The number of nitrogens with zero attached hydrogens (tertiary/aromatic N) is 1. The summed E-state index contributed by atoms with van der Waals surface area (Å²) in [4.78, 5) is 30.5. The van der Waals surface area contributed by atoms with Gasteiger partial charge in [-0.2, -0.15) is 0 Å². The number of Topliss-reactive ketones (excluding diaryl/α,β-unsaturated/α-hetero) is 1. The summed E-state index contributed by atoms with van der Waals surface area (Å²) in [6.07, 6.45) is 4.31. The van der Waals surface area contributed by atoms with Gasteiger partial charge in [0.1, 0.15) is 0 Å². The van der Waals surface area contributed by atoms with E-state index in [2.05, 4.69) is 22.4 Å². The lowest BCUT2D eigenvalue weighted by molar-refractivity contribution is -0.143. The van der Waals surface area contributed by atoms with E-state index in [9.17, 15) is 9.59 Å². The molecule has 0 saturated carbocycles. The number of benzene rings is 1. The maximum absolute atomic E-state index is 13.4. The molecule has 2 aliphatic rings. The van der Waals surface area contributed by atoms with Crippen LogP contribution in [0.5, 0.6) is 0 Å². The van der Waals surface area contributed by atoms with Crippen molar-refractivity contribution in [3.63, 3.8) is 0 Å². The van der Waals surface area contributed by atoms with Crippen LogP contribution in [0.2, 0.25) is 0 Å². The number of carbonyl (C=O) groups is 2. The highest BCUT2D eigenvalue weighted by atomic mass is 16.5. The van der Waals surface area contributed by atoms with Crippen molar-refractivity contribution in [1.29, 1.82) is 0 Å². The van der Waals surface area contributed by atoms with Crippen LogP contribution in [-0.2, 0) is 14.3 Å². The second-order valence-electron chi connectivity index (χ2n) is 8.16. The van der Waals surface area contributed by atoms with E-state index in [-0.39, 0.29) is 23.8 Å². The molecule has 1 aromatic heterocycles. The first-order valence-corrected chi connectivity index (χ1v) is 10.4. The molecule has 0 spiro atoms. The molecule has 1 N–H and O–H groups in total. The predicted molar refractivity (Wildman–Crippen MR) is 114 cm³/mol. The number of ether oxygens (including phenoxy) is 1. The average Bonchev–Trinajstić information content (AvgIpc) is 2.73. The zero-order valence-corrected chi connectivity index (χ0v) is 17.5. The molecule has 0 bridgehead atoms. The minimum absolute atomic E-state index is 0.0711. The molecule has 0 unspecified atom stereocenters. The highest BCUT2D eigenvalue weighted by molar-refractivity contribution is 6.04. The Balaban J connectivity index is 1.78. The zero-order valence-electron chi connectivity index (χ0n) is 17.5. The second-order valence-corrected chi connectivity index (χ2v) is 8.16. The zero-order chi connectivity index (χ0) is 21.3. The van der Waals surface area contributed by atoms with Crippen molar-refractivity contribution in [2.45, 2.75) is 51.6 Å². The van der Waals surface area contributed by atoms with Crippen molar-refractivity contribution >= 4 is 11.8 Å². The van der Waals surface area contributed by atoms with Crippen LogP contribution in [0.15, 0.2) is 77.4 Å². The van der Waals surface area contributed by atoms with Gasteiger partial charge in [-0.25, -0.2) is 4.79 Å². The number of dihydropyridines is 1. The largest absolute Gasteiger partial charge is 0.460 e. The molecule has 2 aromatic rings. The average molecular weight is 402 g/mol. The Morgan fingerprint density at radius 2 is 1.77 bits per heavy atom. The predicted octanol–water partition coefficient (Wildman–Crippen LogP) is 4.39. The minimum atomic E-state index is -0.445. The van der Waals surface area contributed by atoms with E-state index in [1.54, 1.807) is 12.4 Å². The van der Waals surface area contributed by atoms with Gasteiger partial charge in [-0.05, 0) is 56.4 Å². The smallest absolute Gasteiger partial charge is 0.337 e. The molecule has 1 aliphatic carbocycles.